The molecule has 0 unspecified atom stereocenters. The first kappa shape index (κ1) is 18.2. The first-order valence-corrected chi connectivity index (χ1v) is 8.74. The van der Waals surface area contributed by atoms with E-state index in [4.69, 9.17) is 14.3 Å². The van der Waals surface area contributed by atoms with Gasteiger partial charge in [0.1, 0.15) is 17.1 Å². The Labute approximate surface area is 152 Å². The smallest absolute Gasteiger partial charge is 0.339 e. The number of amides is 1. The summed E-state index contributed by atoms with van der Waals surface area (Å²) in [7, 11) is 0. The fraction of sp³-hybridized carbons (Fsp3) is 0.400. The van der Waals surface area contributed by atoms with Gasteiger partial charge in [0.15, 0.2) is 0 Å². The van der Waals surface area contributed by atoms with Crippen molar-refractivity contribution in [3.63, 3.8) is 0 Å². The van der Waals surface area contributed by atoms with E-state index in [1.165, 1.54) is 6.07 Å². The Morgan fingerprint density at radius 1 is 1.23 bits per heavy atom. The largest absolute Gasteiger partial charge is 0.478 e. The third kappa shape index (κ3) is 3.96. The lowest BCUT2D eigenvalue weighted by atomic mass is 9.88. The van der Waals surface area contributed by atoms with Crippen LogP contribution in [0.15, 0.2) is 34.7 Å². The minimum absolute atomic E-state index is 0.110. The number of nitrogens with one attached hydrogen (secondary N) is 1. The van der Waals surface area contributed by atoms with Gasteiger partial charge in [0.2, 0.25) is 5.91 Å². The molecular formula is C20H23NO5. The summed E-state index contributed by atoms with van der Waals surface area (Å²) in [5.41, 5.74) is 2.28. The molecule has 0 spiro atoms. The summed E-state index contributed by atoms with van der Waals surface area (Å²) in [6, 6.07) is 9.48. The van der Waals surface area contributed by atoms with E-state index < -0.39 is 5.97 Å². The average Bonchev–Trinajstić information content (AvgIpc) is 3.01. The number of carboxylic acids is 1. The number of benzene rings is 1. The van der Waals surface area contributed by atoms with Gasteiger partial charge in [0, 0.05) is 6.61 Å². The quantitative estimate of drug-likeness (QED) is 0.856. The Bertz CT molecular complexity index is 793. The number of carboxylic acid groups (broad SMARTS) is 1. The number of ether oxygens (including phenoxy) is 1. The Kier molecular flexibility index (Phi) is 5.42. The summed E-state index contributed by atoms with van der Waals surface area (Å²) in [5, 5.41) is 11.9. The number of hydrogen-bond acceptors (Lipinski definition) is 4. The van der Waals surface area contributed by atoms with Crippen molar-refractivity contribution in [1.82, 2.24) is 5.32 Å². The van der Waals surface area contributed by atoms with Gasteiger partial charge in [-0.25, -0.2) is 4.79 Å². The molecule has 1 saturated heterocycles. The second-order valence-corrected chi connectivity index (χ2v) is 6.66. The number of aromatic carboxylic acids is 1. The molecule has 1 fully saturated rings. The molecule has 1 amide bonds. The van der Waals surface area contributed by atoms with Crippen molar-refractivity contribution >= 4 is 11.9 Å². The molecular weight excluding hydrogens is 334 g/mol. The van der Waals surface area contributed by atoms with Gasteiger partial charge in [-0.05, 0) is 38.3 Å². The van der Waals surface area contributed by atoms with Gasteiger partial charge in [-0.15, -0.1) is 0 Å². The molecule has 2 heterocycles. The minimum Gasteiger partial charge on any atom is -0.478 e. The van der Waals surface area contributed by atoms with E-state index in [1.54, 1.807) is 6.92 Å². The summed E-state index contributed by atoms with van der Waals surface area (Å²) in [4.78, 5) is 23.8. The van der Waals surface area contributed by atoms with E-state index in [9.17, 15) is 9.59 Å². The van der Waals surface area contributed by atoms with Gasteiger partial charge in [0.05, 0.1) is 18.6 Å². The van der Waals surface area contributed by atoms with Crippen LogP contribution >= 0.6 is 0 Å². The molecule has 1 aromatic heterocycles. The van der Waals surface area contributed by atoms with E-state index in [0.717, 1.165) is 24.0 Å². The van der Waals surface area contributed by atoms with Crippen molar-refractivity contribution in [2.24, 2.45) is 5.92 Å². The highest BCUT2D eigenvalue weighted by Crippen LogP contribution is 2.34. The molecule has 1 aliphatic heterocycles. The normalized spacial score (nSPS) is 19.9. The van der Waals surface area contributed by atoms with Gasteiger partial charge in [0.25, 0.3) is 0 Å². The SMILES string of the molecule is Cc1ccc([C@H]2OCCC[C@H]2C(=O)NCc2cc(C(=O)O)c(C)o2)cc1. The van der Waals surface area contributed by atoms with Crippen molar-refractivity contribution in [3.05, 3.63) is 58.5 Å². The molecule has 138 valence electrons. The molecule has 0 saturated carbocycles. The third-order valence-electron chi connectivity index (χ3n) is 4.70. The predicted octanol–water partition coefficient (Wildman–Crippen LogP) is 3.38. The van der Waals surface area contributed by atoms with Crippen molar-refractivity contribution in [1.29, 1.82) is 0 Å². The number of furan rings is 1. The topological polar surface area (TPSA) is 88.8 Å². The number of hydrogen-bond donors (Lipinski definition) is 2. The highest BCUT2D eigenvalue weighted by atomic mass is 16.5. The van der Waals surface area contributed by atoms with Crippen LogP contribution in [0.2, 0.25) is 0 Å². The van der Waals surface area contributed by atoms with E-state index in [-0.39, 0.29) is 30.0 Å². The van der Waals surface area contributed by atoms with E-state index >= 15 is 0 Å². The lowest BCUT2D eigenvalue weighted by Crippen LogP contribution is -2.37. The number of carbonyl (C=O) groups excluding carboxylic acids is 1. The molecule has 6 nitrogen and oxygen atoms in total. The first-order chi connectivity index (χ1) is 12.5. The molecule has 0 aliphatic carbocycles. The summed E-state index contributed by atoms with van der Waals surface area (Å²) in [5.74, 6) is -0.663. The predicted molar refractivity (Wildman–Crippen MR) is 94.8 cm³/mol. The van der Waals surface area contributed by atoms with Gasteiger partial charge in [-0.1, -0.05) is 29.8 Å². The van der Waals surface area contributed by atoms with E-state index in [1.807, 2.05) is 31.2 Å². The monoisotopic (exact) mass is 357 g/mol. The summed E-state index contributed by atoms with van der Waals surface area (Å²) in [6.45, 7) is 4.41. The van der Waals surface area contributed by atoms with E-state index in [0.29, 0.717) is 18.1 Å². The molecule has 2 atom stereocenters. The zero-order valence-electron chi connectivity index (χ0n) is 15.0. The second kappa shape index (κ2) is 7.74. The molecule has 0 radical (unpaired) electrons. The molecule has 0 bridgehead atoms. The maximum absolute atomic E-state index is 12.7. The van der Waals surface area contributed by atoms with Crippen LogP contribution < -0.4 is 5.32 Å². The van der Waals surface area contributed by atoms with Crippen LogP contribution in [0, 0.1) is 19.8 Å². The Morgan fingerprint density at radius 3 is 2.62 bits per heavy atom. The van der Waals surface area contributed by atoms with Crippen LogP contribution in [-0.4, -0.2) is 23.6 Å². The van der Waals surface area contributed by atoms with Gasteiger partial charge < -0.3 is 19.6 Å². The van der Waals surface area contributed by atoms with Crippen molar-refractivity contribution in [2.45, 2.75) is 39.3 Å². The number of aryl methyl sites for hydroxylation is 2. The van der Waals surface area contributed by atoms with Crippen LogP contribution in [-0.2, 0) is 16.1 Å². The molecule has 1 aliphatic rings. The summed E-state index contributed by atoms with van der Waals surface area (Å²) in [6.07, 6.45) is 1.32. The van der Waals surface area contributed by atoms with Crippen LogP contribution in [0.25, 0.3) is 0 Å². The van der Waals surface area contributed by atoms with Crippen LogP contribution in [0.3, 0.4) is 0 Å². The molecule has 1 aromatic carbocycles. The maximum atomic E-state index is 12.7. The highest BCUT2D eigenvalue weighted by Gasteiger charge is 2.33. The third-order valence-corrected chi connectivity index (χ3v) is 4.70. The zero-order chi connectivity index (χ0) is 18.7. The Hall–Kier alpha value is -2.60. The lowest BCUT2D eigenvalue weighted by molar-refractivity contribution is -0.135. The standard InChI is InChI=1S/C20H23NO5/c1-12-5-7-14(8-6-12)18-16(4-3-9-25-18)19(22)21-11-15-10-17(20(23)24)13(2)26-15/h5-8,10,16,18H,3-4,9,11H2,1-2H3,(H,21,22)(H,23,24)/t16-,18-/m1/s1. The van der Waals surface area contributed by atoms with Crippen molar-refractivity contribution in [2.75, 3.05) is 6.61 Å². The fourth-order valence-corrected chi connectivity index (χ4v) is 3.28. The van der Waals surface area contributed by atoms with E-state index in [2.05, 4.69) is 5.32 Å². The number of carbonyl (C=O) groups is 2. The van der Waals surface area contributed by atoms with Gasteiger partial charge in [-0.2, -0.15) is 0 Å². The Morgan fingerprint density at radius 2 is 1.96 bits per heavy atom. The minimum atomic E-state index is -1.04. The molecule has 2 aromatic rings. The summed E-state index contributed by atoms with van der Waals surface area (Å²) < 4.78 is 11.3. The average molecular weight is 357 g/mol. The Balaban J connectivity index is 1.68. The first-order valence-electron chi connectivity index (χ1n) is 8.74. The number of rotatable bonds is 5. The second-order valence-electron chi connectivity index (χ2n) is 6.66. The zero-order valence-corrected chi connectivity index (χ0v) is 15.0. The highest BCUT2D eigenvalue weighted by molar-refractivity contribution is 5.88. The van der Waals surface area contributed by atoms with Gasteiger partial charge in [-0.3, -0.25) is 4.79 Å². The molecule has 3 rings (SSSR count). The van der Waals surface area contributed by atoms with Crippen LogP contribution in [0.4, 0.5) is 0 Å². The van der Waals surface area contributed by atoms with Crippen LogP contribution in [0.5, 0.6) is 0 Å². The summed E-state index contributed by atoms with van der Waals surface area (Å²) >= 11 is 0. The van der Waals surface area contributed by atoms with Gasteiger partial charge >= 0.3 is 5.97 Å². The lowest BCUT2D eigenvalue weighted by Gasteiger charge is -2.31. The van der Waals surface area contributed by atoms with Crippen LogP contribution in [0.1, 0.15) is 52.0 Å². The van der Waals surface area contributed by atoms with Crippen molar-refractivity contribution < 1.29 is 23.8 Å². The fourth-order valence-electron chi connectivity index (χ4n) is 3.28. The maximum Gasteiger partial charge on any atom is 0.339 e. The molecule has 6 heteroatoms. The van der Waals surface area contributed by atoms with Crippen molar-refractivity contribution in [3.8, 4) is 0 Å². The molecule has 2 N–H and O–H groups in total. The molecule has 26 heavy (non-hydrogen) atoms.